The first-order valence-corrected chi connectivity index (χ1v) is 10.6. The molecule has 2 aliphatic heterocycles. The van der Waals surface area contributed by atoms with Crippen LogP contribution in [0.25, 0.3) is 11.0 Å². The number of benzene rings is 1. The van der Waals surface area contributed by atoms with E-state index in [-0.39, 0.29) is 24.7 Å². The van der Waals surface area contributed by atoms with E-state index in [2.05, 4.69) is 21.7 Å². The highest BCUT2D eigenvalue weighted by molar-refractivity contribution is 6.32. The van der Waals surface area contributed by atoms with Gasteiger partial charge in [0.15, 0.2) is 0 Å². The Morgan fingerprint density at radius 1 is 1.33 bits per heavy atom. The second-order valence-electron chi connectivity index (χ2n) is 7.68. The third kappa shape index (κ3) is 4.36. The largest absolute Gasteiger partial charge is 0.384 e. The number of aliphatic hydroxyl groups excluding tert-OH is 1. The van der Waals surface area contributed by atoms with Crippen LogP contribution in [0.2, 0.25) is 5.02 Å². The molecule has 0 bridgehead atoms. The molecule has 158 valence electrons. The molecule has 0 aliphatic carbocycles. The maximum absolute atomic E-state index is 12.6. The van der Waals surface area contributed by atoms with Gasteiger partial charge >= 0.3 is 0 Å². The van der Waals surface area contributed by atoms with Gasteiger partial charge in [-0.1, -0.05) is 23.4 Å². The van der Waals surface area contributed by atoms with Crippen LogP contribution < -0.4 is 4.90 Å². The highest BCUT2D eigenvalue weighted by atomic mass is 35.5. The van der Waals surface area contributed by atoms with Crippen LogP contribution in [0, 0.1) is 11.8 Å². The molecule has 4 rings (SSSR count). The number of nitrogens with zero attached hydrogens (tertiary/aromatic N) is 4. The minimum absolute atomic E-state index is 0.103. The first-order valence-electron chi connectivity index (χ1n) is 10.3. The summed E-state index contributed by atoms with van der Waals surface area (Å²) < 4.78 is 5.55. The topological polar surface area (TPSA) is 78.8 Å². The van der Waals surface area contributed by atoms with Crippen molar-refractivity contribution in [1.29, 1.82) is 0 Å². The zero-order valence-electron chi connectivity index (χ0n) is 17.0. The Morgan fingerprint density at radius 3 is 2.83 bits per heavy atom. The average molecular weight is 429 g/mol. The Morgan fingerprint density at radius 2 is 2.13 bits per heavy atom. The zero-order valence-corrected chi connectivity index (χ0v) is 17.7. The second kappa shape index (κ2) is 9.17. The normalized spacial score (nSPS) is 19.6. The Labute approximate surface area is 181 Å². The molecule has 0 unspecified atom stereocenters. The van der Waals surface area contributed by atoms with Crippen molar-refractivity contribution < 1.29 is 14.6 Å². The molecule has 0 spiro atoms. The van der Waals surface area contributed by atoms with Gasteiger partial charge in [-0.2, -0.15) is 0 Å². The minimum Gasteiger partial charge on any atom is -0.384 e. The van der Waals surface area contributed by atoms with Gasteiger partial charge in [0.05, 0.1) is 22.3 Å². The molecule has 2 aliphatic rings. The van der Waals surface area contributed by atoms with E-state index in [1.807, 2.05) is 11.9 Å². The van der Waals surface area contributed by atoms with Gasteiger partial charge in [-0.05, 0) is 37.8 Å². The van der Waals surface area contributed by atoms with Gasteiger partial charge < -0.3 is 19.6 Å². The fourth-order valence-corrected chi connectivity index (χ4v) is 4.27. The highest BCUT2D eigenvalue weighted by Gasteiger charge is 2.32. The van der Waals surface area contributed by atoms with Crippen molar-refractivity contribution in [2.45, 2.75) is 37.8 Å². The number of aliphatic hydroxyl groups is 1. The average Bonchev–Trinajstić information content (AvgIpc) is 3.31. The molecule has 0 radical (unpaired) electrons. The Hall–Kier alpha value is -2.40. The molecule has 1 atom stereocenters. The van der Waals surface area contributed by atoms with Crippen molar-refractivity contribution in [3.63, 3.8) is 0 Å². The maximum Gasteiger partial charge on any atom is 0.251 e. The molecule has 1 N–H and O–H groups in total. The molecule has 2 saturated heterocycles. The number of amides is 1. The van der Waals surface area contributed by atoms with Gasteiger partial charge in [-0.25, -0.2) is 4.98 Å². The van der Waals surface area contributed by atoms with Crippen LogP contribution in [-0.2, 0) is 9.53 Å². The Kier molecular flexibility index (Phi) is 6.38. The number of halogens is 1. The third-order valence-electron chi connectivity index (χ3n) is 5.81. The van der Waals surface area contributed by atoms with Crippen LogP contribution in [0.4, 0.5) is 5.82 Å². The lowest BCUT2D eigenvalue weighted by molar-refractivity contribution is -0.142. The molecule has 7 nitrogen and oxygen atoms in total. The number of piperidine rings is 1. The zero-order chi connectivity index (χ0) is 21.1. The first kappa shape index (κ1) is 20.9. The molecule has 8 heteroatoms. The maximum atomic E-state index is 12.6. The van der Waals surface area contributed by atoms with E-state index in [0.717, 1.165) is 44.6 Å². The molecule has 2 fully saturated rings. The van der Waals surface area contributed by atoms with Gasteiger partial charge in [0, 0.05) is 38.3 Å². The number of hydrogen-bond acceptors (Lipinski definition) is 6. The number of rotatable bonds is 3. The smallest absolute Gasteiger partial charge is 0.251 e. The summed E-state index contributed by atoms with van der Waals surface area (Å²) in [6.45, 7) is 2.08. The molecule has 1 amide bonds. The quantitative estimate of drug-likeness (QED) is 0.755. The number of ether oxygens (including phenoxy) is 1. The second-order valence-corrected chi connectivity index (χ2v) is 8.09. The first-order chi connectivity index (χ1) is 14.6. The van der Waals surface area contributed by atoms with E-state index in [1.54, 1.807) is 18.3 Å². The number of anilines is 1. The number of carbonyl (C=O) groups is 1. The summed E-state index contributed by atoms with van der Waals surface area (Å²) in [6.07, 6.45) is 5.04. The van der Waals surface area contributed by atoms with Gasteiger partial charge in [-0.15, -0.1) is 0 Å². The predicted molar refractivity (Wildman–Crippen MR) is 115 cm³/mol. The van der Waals surface area contributed by atoms with Crippen molar-refractivity contribution in [1.82, 2.24) is 14.9 Å². The number of fused-ring (bicyclic) bond motifs is 1. The summed E-state index contributed by atoms with van der Waals surface area (Å²) in [6, 6.07) is 3.76. The van der Waals surface area contributed by atoms with Crippen LogP contribution in [0.3, 0.4) is 0 Å². The third-order valence-corrected chi connectivity index (χ3v) is 6.12. The summed E-state index contributed by atoms with van der Waals surface area (Å²) in [5, 5.41) is 9.36. The lowest BCUT2D eigenvalue weighted by atomic mass is 10.0. The summed E-state index contributed by atoms with van der Waals surface area (Å²) in [5.74, 6) is 6.33. The van der Waals surface area contributed by atoms with Crippen LogP contribution in [0.15, 0.2) is 18.3 Å². The van der Waals surface area contributed by atoms with E-state index in [4.69, 9.17) is 26.4 Å². The number of likely N-dealkylation sites (N-methyl/N-ethyl adjacent to an activating group) is 1. The molecular weight excluding hydrogens is 404 g/mol. The summed E-state index contributed by atoms with van der Waals surface area (Å²) in [7, 11) is 1.89. The number of aromatic nitrogens is 2. The Balaban J connectivity index is 1.43. The lowest BCUT2D eigenvalue weighted by Crippen LogP contribution is -2.48. The highest BCUT2D eigenvalue weighted by Crippen LogP contribution is 2.26. The molecule has 2 aromatic rings. The standard InChI is InChI=1S/C22H25ClN4O3/c1-26(22(29)20-5-3-11-30-20)16-6-8-27(9-7-16)21-14-24-18-12-15(4-2-10-28)17(23)13-19(18)25-21/h12-14,16,20,28H,3,5-11H2,1H3/t20-/m1/s1. The van der Waals surface area contributed by atoms with Crippen LogP contribution in [0.1, 0.15) is 31.2 Å². The monoisotopic (exact) mass is 428 g/mol. The van der Waals surface area contributed by atoms with Gasteiger partial charge in [0.25, 0.3) is 5.91 Å². The minimum atomic E-state index is -0.268. The van der Waals surface area contributed by atoms with Crippen molar-refractivity contribution in [3.05, 3.63) is 28.9 Å². The van der Waals surface area contributed by atoms with Crippen molar-refractivity contribution in [2.75, 3.05) is 38.3 Å². The fourth-order valence-electron chi connectivity index (χ4n) is 4.07. The van der Waals surface area contributed by atoms with E-state index in [0.29, 0.717) is 28.2 Å². The molecule has 0 saturated carbocycles. The van der Waals surface area contributed by atoms with Gasteiger partial charge in [0.1, 0.15) is 18.5 Å². The van der Waals surface area contributed by atoms with Crippen LogP contribution in [0.5, 0.6) is 0 Å². The van der Waals surface area contributed by atoms with Crippen LogP contribution in [-0.4, -0.2) is 71.4 Å². The van der Waals surface area contributed by atoms with Crippen molar-refractivity contribution >= 4 is 34.4 Å². The van der Waals surface area contributed by atoms with Crippen molar-refractivity contribution in [3.8, 4) is 11.8 Å². The van der Waals surface area contributed by atoms with E-state index >= 15 is 0 Å². The van der Waals surface area contributed by atoms with E-state index in [1.165, 1.54) is 0 Å². The van der Waals surface area contributed by atoms with Crippen LogP contribution >= 0.6 is 11.6 Å². The SMILES string of the molecule is CN(C(=O)[C@H]1CCCO1)C1CCN(c2cnc3cc(C#CCO)c(Cl)cc3n2)CC1. The van der Waals surface area contributed by atoms with Crippen molar-refractivity contribution in [2.24, 2.45) is 0 Å². The Bertz CT molecular complexity index is 989. The van der Waals surface area contributed by atoms with Gasteiger partial charge in [0.2, 0.25) is 0 Å². The predicted octanol–water partition coefficient (Wildman–Crippen LogP) is 2.23. The number of carbonyl (C=O) groups excluding carboxylic acids is 1. The molecule has 1 aromatic heterocycles. The van der Waals surface area contributed by atoms with E-state index in [9.17, 15) is 4.79 Å². The molecule has 30 heavy (non-hydrogen) atoms. The van der Waals surface area contributed by atoms with E-state index < -0.39 is 0 Å². The summed E-state index contributed by atoms with van der Waals surface area (Å²) in [5.41, 5.74) is 2.04. The summed E-state index contributed by atoms with van der Waals surface area (Å²) in [4.78, 5) is 25.9. The lowest BCUT2D eigenvalue weighted by Gasteiger charge is -2.37. The van der Waals surface area contributed by atoms with Gasteiger partial charge in [-0.3, -0.25) is 9.78 Å². The molecule has 1 aromatic carbocycles. The number of hydrogen-bond donors (Lipinski definition) is 1. The molecular formula is C22H25ClN4O3. The molecule has 3 heterocycles. The fraction of sp³-hybridized carbons (Fsp3) is 0.500. The summed E-state index contributed by atoms with van der Waals surface area (Å²) >= 11 is 6.30.